The molecule has 5 heteroatoms. The second-order valence-corrected chi connectivity index (χ2v) is 4.63. The van der Waals surface area contributed by atoms with Crippen LogP contribution in [0.4, 0.5) is 9.18 Å². The smallest absolute Gasteiger partial charge is 0.315 e. The van der Waals surface area contributed by atoms with E-state index in [2.05, 4.69) is 17.2 Å². The molecular formula is C14H19FN2O2. The first-order valence-corrected chi connectivity index (χ1v) is 6.00. The molecule has 0 aliphatic heterocycles. The van der Waals surface area contributed by atoms with Gasteiger partial charge in [-0.2, -0.15) is 0 Å². The number of amides is 2. The summed E-state index contributed by atoms with van der Waals surface area (Å²) >= 11 is 0. The van der Waals surface area contributed by atoms with Crippen LogP contribution in [0.15, 0.2) is 36.9 Å². The minimum atomic E-state index is -1.26. The lowest BCUT2D eigenvalue weighted by Gasteiger charge is -2.24. The average Bonchev–Trinajstić information content (AvgIpc) is 2.37. The molecule has 0 spiro atoms. The van der Waals surface area contributed by atoms with Crippen molar-refractivity contribution in [3.8, 4) is 0 Å². The lowest BCUT2D eigenvalue weighted by Crippen LogP contribution is -2.45. The van der Waals surface area contributed by atoms with Gasteiger partial charge in [0.1, 0.15) is 11.4 Å². The molecule has 2 atom stereocenters. The van der Waals surface area contributed by atoms with E-state index >= 15 is 0 Å². The van der Waals surface area contributed by atoms with Crippen LogP contribution in [-0.2, 0) is 5.60 Å². The number of rotatable bonds is 5. The number of benzene rings is 1. The van der Waals surface area contributed by atoms with Crippen molar-refractivity contribution in [3.63, 3.8) is 0 Å². The van der Waals surface area contributed by atoms with Gasteiger partial charge in [-0.05, 0) is 31.5 Å². The van der Waals surface area contributed by atoms with Crippen LogP contribution in [-0.4, -0.2) is 23.7 Å². The summed E-state index contributed by atoms with van der Waals surface area (Å²) in [6.45, 7) is 6.91. The van der Waals surface area contributed by atoms with E-state index in [-0.39, 0.29) is 18.4 Å². The quantitative estimate of drug-likeness (QED) is 0.713. The monoisotopic (exact) mass is 266 g/mol. The molecule has 19 heavy (non-hydrogen) atoms. The highest BCUT2D eigenvalue weighted by molar-refractivity contribution is 5.74. The van der Waals surface area contributed by atoms with Crippen LogP contribution in [0.1, 0.15) is 19.4 Å². The summed E-state index contributed by atoms with van der Waals surface area (Å²) in [5, 5.41) is 15.4. The Kier molecular flexibility index (Phi) is 5.06. The van der Waals surface area contributed by atoms with E-state index in [0.29, 0.717) is 5.56 Å². The molecule has 0 aliphatic rings. The van der Waals surface area contributed by atoms with Crippen LogP contribution >= 0.6 is 0 Å². The summed E-state index contributed by atoms with van der Waals surface area (Å²) in [7, 11) is 0. The normalized spacial score (nSPS) is 15.2. The summed E-state index contributed by atoms with van der Waals surface area (Å²) in [5.74, 6) is -0.370. The standard InChI is InChI=1S/C14H19FN2O2/c1-4-10(2)17-13(18)16-9-14(3,19)11-5-7-12(15)8-6-11/h4-8,10,19H,1,9H2,2-3H3,(H2,16,17,18)/t10-,14-/m1/s1. The predicted molar refractivity (Wildman–Crippen MR) is 72.2 cm³/mol. The summed E-state index contributed by atoms with van der Waals surface area (Å²) < 4.78 is 12.8. The van der Waals surface area contributed by atoms with E-state index in [0.717, 1.165) is 0 Å². The number of halogens is 1. The first-order chi connectivity index (χ1) is 8.85. The van der Waals surface area contributed by atoms with Crippen molar-refractivity contribution in [1.82, 2.24) is 10.6 Å². The molecule has 0 fully saturated rings. The number of hydrogen-bond acceptors (Lipinski definition) is 2. The minimum Gasteiger partial charge on any atom is -0.384 e. The fourth-order valence-corrected chi connectivity index (χ4v) is 1.48. The Morgan fingerprint density at radius 2 is 2.11 bits per heavy atom. The van der Waals surface area contributed by atoms with E-state index in [1.807, 2.05) is 0 Å². The van der Waals surface area contributed by atoms with Crippen molar-refractivity contribution in [1.29, 1.82) is 0 Å². The van der Waals surface area contributed by atoms with Gasteiger partial charge in [-0.1, -0.05) is 18.2 Å². The molecule has 0 aromatic heterocycles. The van der Waals surface area contributed by atoms with E-state index in [9.17, 15) is 14.3 Å². The molecule has 0 saturated heterocycles. The second kappa shape index (κ2) is 6.33. The maximum Gasteiger partial charge on any atom is 0.315 e. The van der Waals surface area contributed by atoms with Crippen molar-refractivity contribution in [2.24, 2.45) is 0 Å². The van der Waals surface area contributed by atoms with Crippen LogP contribution < -0.4 is 10.6 Å². The third-order valence-corrected chi connectivity index (χ3v) is 2.77. The van der Waals surface area contributed by atoms with Gasteiger partial charge >= 0.3 is 6.03 Å². The summed E-state index contributed by atoms with van der Waals surface area (Å²) in [6, 6.07) is 4.96. The van der Waals surface area contributed by atoms with Crippen molar-refractivity contribution in [2.45, 2.75) is 25.5 Å². The molecular weight excluding hydrogens is 247 g/mol. The number of hydrogen-bond donors (Lipinski definition) is 3. The van der Waals surface area contributed by atoms with E-state index in [1.54, 1.807) is 19.9 Å². The van der Waals surface area contributed by atoms with Crippen molar-refractivity contribution in [2.75, 3.05) is 6.54 Å². The van der Waals surface area contributed by atoms with E-state index in [4.69, 9.17) is 0 Å². The molecule has 4 nitrogen and oxygen atoms in total. The fraction of sp³-hybridized carbons (Fsp3) is 0.357. The Labute approximate surface area is 112 Å². The van der Waals surface area contributed by atoms with Crippen LogP contribution in [0.2, 0.25) is 0 Å². The lowest BCUT2D eigenvalue weighted by atomic mass is 9.96. The third-order valence-electron chi connectivity index (χ3n) is 2.77. The number of urea groups is 1. The number of carbonyl (C=O) groups is 1. The molecule has 0 heterocycles. The number of nitrogens with one attached hydrogen (secondary N) is 2. The summed E-state index contributed by atoms with van der Waals surface area (Å²) in [4.78, 5) is 11.5. The second-order valence-electron chi connectivity index (χ2n) is 4.63. The first kappa shape index (κ1) is 15.2. The molecule has 0 saturated carbocycles. The molecule has 3 N–H and O–H groups in total. The van der Waals surface area contributed by atoms with Gasteiger partial charge in [0.2, 0.25) is 0 Å². The van der Waals surface area contributed by atoms with Gasteiger partial charge in [-0.25, -0.2) is 9.18 Å². The highest BCUT2D eigenvalue weighted by atomic mass is 19.1. The summed E-state index contributed by atoms with van der Waals surface area (Å²) in [6.07, 6.45) is 1.59. The molecule has 1 rings (SSSR count). The predicted octanol–water partition coefficient (Wildman–Crippen LogP) is 1.91. The van der Waals surface area contributed by atoms with Crippen LogP contribution in [0.25, 0.3) is 0 Å². The van der Waals surface area contributed by atoms with E-state index < -0.39 is 11.6 Å². The molecule has 0 bridgehead atoms. The van der Waals surface area contributed by atoms with Crippen LogP contribution in [0, 0.1) is 5.82 Å². The topological polar surface area (TPSA) is 61.4 Å². The maximum absolute atomic E-state index is 12.8. The number of carbonyl (C=O) groups excluding carboxylic acids is 1. The number of aliphatic hydroxyl groups is 1. The fourth-order valence-electron chi connectivity index (χ4n) is 1.48. The molecule has 1 aromatic rings. The van der Waals surface area contributed by atoms with Gasteiger partial charge in [0.15, 0.2) is 0 Å². The van der Waals surface area contributed by atoms with Crippen molar-refractivity contribution in [3.05, 3.63) is 48.3 Å². The molecule has 2 amide bonds. The Bertz CT molecular complexity index is 443. The largest absolute Gasteiger partial charge is 0.384 e. The molecule has 0 radical (unpaired) electrons. The molecule has 0 unspecified atom stereocenters. The zero-order valence-electron chi connectivity index (χ0n) is 11.1. The minimum absolute atomic E-state index is 0.0222. The SMILES string of the molecule is C=C[C@@H](C)NC(=O)NC[C@@](C)(O)c1ccc(F)cc1. The Hall–Kier alpha value is -1.88. The van der Waals surface area contributed by atoms with Gasteiger partial charge in [0.25, 0.3) is 0 Å². The zero-order valence-corrected chi connectivity index (χ0v) is 11.1. The van der Waals surface area contributed by atoms with Crippen molar-refractivity contribution >= 4 is 6.03 Å². The Morgan fingerprint density at radius 3 is 2.63 bits per heavy atom. The molecule has 0 aliphatic carbocycles. The first-order valence-electron chi connectivity index (χ1n) is 6.00. The zero-order chi connectivity index (χ0) is 14.5. The maximum atomic E-state index is 12.8. The van der Waals surface area contributed by atoms with Gasteiger partial charge in [0, 0.05) is 6.04 Å². The average molecular weight is 266 g/mol. The Balaban J connectivity index is 2.57. The molecule has 104 valence electrons. The van der Waals surface area contributed by atoms with Crippen molar-refractivity contribution < 1.29 is 14.3 Å². The third kappa shape index (κ3) is 4.71. The highest BCUT2D eigenvalue weighted by Crippen LogP contribution is 2.19. The van der Waals surface area contributed by atoms with E-state index in [1.165, 1.54) is 24.3 Å². The molecule has 1 aromatic carbocycles. The highest BCUT2D eigenvalue weighted by Gasteiger charge is 2.23. The van der Waals surface area contributed by atoms with Gasteiger partial charge in [-0.15, -0.1) is 6.58 Å². The van der Waals surface area contributed by atoms with Crippen LogP contribution in [0.5, 0.6) is 0 Å². The van der Waals surface area contributed by atoms with Gasteiger partial charge in [-0.3, -0.25) is 0 Å². The van der Waals surface area contributed by atoms with Crippen LogP contribution in [0.3, 0.4) is 0 Å². The lowest BCUT2D eigenvalue weighted by molar-refractivity contribution is 0.0593. The van der Waals surface area contributed by atoms with Gasteiger partial charge < -0.3 is 15.7 Å². The summed E-state index contributed by atoms with van der Waals surface area (Å²) in [5.41, 5.74) is -0.728. The van der Waals surface area contributed by atoms with Gasteiger partial charge in [0.05, 0.1) is 6.54 Å². The Morgan fingerprint density at radius 1 is 1.53 bits per heavy atom.